The molecule has 0 aliphatic heterocycles. The summed E-state index contributed by atoms with van der Waals surface area (Å²) in [5.74, 6) is -1.77. The van der Waals surface area contributed by atoms with Gasteiger partial charge in [-0.1, -0.05) is 32.0 Å². The van der Waals surface area contributed by atoms with Gasteiger partial charge in [0.2, 0.25) is 0 Å². The zero-order chi connectivity index (χ0) is 20.0. The molecule has 0 aliphatic carbocycles. The van der Waals surface area contributed by atoms with Crippen LogP contribution in [0.25, 0.3) is 0 Å². The lowest BCUT2D eigenvalue weighted by molar-refractivity contribution is -0.150. The number of hydrogen-bond acceptors (Lipinski definition) is 5. The van der Waals surface area contributed by atoms with Crippen molar-refractivity contribution in [3.8, 4) is 0 Å². The Balaban J connectivity index is 1.93. The molecule has 144 valence electrons. The van der Waals surface area contributed by atoms with E-state index in [1.54, 1.807) is 19.9 Å². The van der Waals surface area contributed by atoms with Crippen LogP contribution in [-0.2, 0) is 14.3 Å². The van der Waals surface area contributed by atoms with Crippen molar-refractivity contribution in [2.24, 2.45) is 5.92 Å². The molecule has 0 unspecified atom stereocenters. The summed E-state index contributed by atoms with van der Waals surface area (Å²) >= 11 is 0. The maximum absolute atomic E-state index is 12.3. The van der Waals surface area contributed by atoms with Crippen molar-refractivity contribution in [3.63, 3.8) is 0 Å². The highest BCUT2D eigenvalue weighted by atomic mass is 16.5. The van der Waals surface area contributed by atoms with E-state index >= 15 is 0 Å². The number of esters is 1. The van der Waals surface area contributed by atoms with Gasteiger partial charge in [0, 0.05) is 5.69 Å². The van der Waals surface area contributed by atoms with Crippen molar-refractivity contribution in [2.75, 3.05) is 11.9 Å². The summed E-state index contributed by atoms with van der Waals surface area (Å²) in [7, 11) is 0. The van der Waals surface area contributed by atoms with E-state index in [1.807, 2.05) is 32.0 Å². The molecule has 7 heteroatoms. The topological polar surface area (TPSA) is 97.6 Å². The number of carbonyl (C=O) groups excluding carboxylic acids is 3. The molecule has 7 nitrogen and oxygen atoms in total. The molecule has 2 aromatic rings. The quantitative estimate of drug-likeness (QED) is 0.729. The number of carbonyl (C=O) groups is 3. The Bertz CT molecular complexity index is 792. The average molecular weight is 372 g/mol. The largest absolute Gasteiger partial charge is 0.459 e. The first kappa shape index (κ1) is 20.2. The fraction of sp³-hybridized carbons (Fsp3) is 0.350. The molecule has 0 aliphatic rings. The molecule has 27 heavy (non-hydrogen) atoms. The average Bonchev–Trinajstić information content (AvgIpc) is 3.15. The highest BCUT2D eigenvalue weighted by Crippen LogP contribution is 2.19. The second-order valence-corrected chi connectivity index (χ2v) is 6.60. The minimum Gasteiger partial charge on any atom is -0.459 e. The fourth-order valence-electron chi connectivity index (χ4n) is 2.53. The third-order valence-electron chi connectivity index (χ3n) is 4.04. The number of amides is 2. The fourth-order valence-corrected chi connectivity index (χ4v) is 2.53. The van der Waals surface area contributed by atoms with Gasteiger partial charge in [-0.3, -0.25) is 9.59 Å². The summed E-state index contributed by atoms with van der Waals surface area (Å²) in [5.41, 5.74) is 2.53. The van der Waals surface area contributed by atoms with Gasteiger partial charge in [0.25, 0.3) is 11.8 Å². The molecular weight excluding hydrogens is 348 g/mol. The Kier molecular flexibility index (Phi) is 6.76. The van der Waals surface area contributed by atoms with Crippen LogP contribution in [0.15, 0.2) is 41.0 Å². The molecule has 1 aromatic carbocycles. The Labute approximate surface area is 158 Å². The summed E-state index contributed by atoms with van der Waals surface area (Å²) in [6.45, 7) is 6.86. The van der Waals surface area contributed by atoms with Crippen LogP contribution in [0.2, 0.25) is 0 Å². The first-order valence-electron chi connectivity index (χ1n) is 8.66. The summed E-state index contributed by atoms with van der Waals surface area (Å²) in [4.78, 5) is 36.6. The predicted octanol–water partition coefficient (Wildman–Crippen LogP) is 2.83. The van der Waals surface area contributed by atoms with E-state index in [1.165, 1.54) is 12.3 Å². The van der Waals surface area contributed by atoms with Crippen LogP contribution in [-0.4, -0.2) is 30.4 Å². The number of nitrogens with one attached hydrogen (secondary N) is 2. The number of ether oxygens (including phenoxy) is 1. The molecule has 2 amide bonds. The molecule has 1 aromatic heterocycles. The van der Waals surface area contributed by atoms with E-state index in [0.717, 1.165) is 11.1 Å². The highest BCUT2D eigenvalue weighted by Gasteiger charge is 2.27. The number of benzene rings is 1. The van der Waals surface area contributed by atoms with Gasteiger partial charge >= 0.3 is 5.97 Å². The van der Waals surface area contributed by atoms with Crippen LogP contribution in [0, 0.1) is 19.8 Å². The highest BCUT2D eigenvalue weighted by molar-refractivity contribution is 5.96. The third kappa shape index (κ3) is 5.44. The maximum Gasteiger partial charge on any atom is 0.329 e. The normalized spacial score (nSPS) is 11.7. The minimum atomic E-state index is -0.893. The summed E-state index contributed by atoms with van der Waals surface area (Å²) in [6.07, 6.45) is 1.37. The SMILES string of the molecule is Cc1cccc(C)c1NC(=O)COC(=O)[C@@H](NC(=O)c1ccco1)C(C)C. The zero-order valence-electron chi connectivity index (χ0n) is 15.9. The molecule has 0 fully saturated rings. The third-order valence-corrected chi connectivity index (χ3v) is 4.04. The second kappa shape index (κ2) is 9.02. The van der Waals surface area contributed by atoms with E-state index < -0.39 is 30.4 Å². The van der Waals surface area contributed by atoms with Gasteiger partial charge in [0.05, 0.1) is 6.26 Å². The number of rotatable bonds is 7. The number of anilines is 1. The summed E-state index contributed by atoms with van der Waals surface area (Å²) in [6, 6.07) is 7.85. The summed E-state index contributed by atoms with van der Waals surface area (Å²) in [5, 5.41) is 5.32. The van der Waals surface area contributed by atoms with Crippen molar-refractivity contribution in [1.82, 2.24) is 5.32 Å². The van der Waals surface area contributed by atoms with Crippen LogP contribution in [0.3, 0.4) is 0 Å². The summed E-state index contributed by atoms with van der Waals surface area (Å²) < 4.78 is 10.1. The molecule has 0 radical (unpaired) electrons. The molecular formula is C20H24N2O5. The number of hydrogen-bond donors (Lipinski definition) is 2. The van der Waals surface area contributed by atoms with Gasteiger partial charge in [-0.15, -0.1) is 0 Å². The van der Waals surface area contributed by atoms with Crippen molar-refractivity contribution in [1.29, 1.82) is 0 Å². The molecule has 0 bridgehead atoms. The van der Waals surface area contributed by atoms with Gasteiger partial charge in [-0.05, 0) is 43.0 Å². The standard InChI is InChI=1S/C20H24N2O5/c1-12(2)17(22-19(24)15-9-6-10-26-15)20(25)27-11-16(23)21-18-13(3)7-5-8-14(18)4/h5-10,12,17H,11H2,1-4H3,(H,21,23)(H,22,24)/t17-/m0/s1. The second-order valence-electron chi connectivity index (χ2n) is 6.60. The first-order valence-corrected chi connectivity index (χ1v) is 8.66. The maximum atomic E-state index is 12.3. The lowest BCUT2D eigenvalue weighted by Gasteiger charge is -2.20. The predicted molar refractivity (Wildman–Crippen MR) is 100 cm³/mol. The van der Waals surface area contributed by atoms with E-state index in [-0.39, 0.29) is 11.7 Å². The van der Waals surface area contributed by atoms with Gasteiger partial charge in [0.15, 0.2) is 12.4 Å². The molecule has 1 heterocycles. The molecule has 2 rings (SSSR count). The van der Waals surface area contributed by atoms with Crippen molar-refractivity contribution >= 4 is 23.5 Å². The van der Waals surface area contributed by atoms with Crippen LogP contribution in [0.1, 0.15) is 35.5 Å². The number of furan rings is 1. The van der Waals surface area contributed by atoms with E-state index in [0.29, 0.717) is 5.69 Å². The molecule has 1 atom stereocenters. The van der Waals surface area contributed by atoms with Crippen molar-refractivity contribution < 1.29 is 23.5 Å². The van der Waals surface area contributed by atoms with Gasteiger partial charge in [-0.2, -0.15) is 0 Å². The van der Waals surface area contributed by atoms with E-state index in [9.17, 15) is 14.4 Å². The Hall–Kier alpha value is -3.09. The van der Waals surface area contributed by atoms with Gasteiger partial charge < -0.3 is 19.8 Å². The molecule has 0 saturated carbocycles. The smallest absolute Gasteiger partial charge is 0.329 e. The van der Waals surface area contributed by atoms with Gasteiger partial charge in [-0.25, -0.2) is 4.79 Å². The minimum absolute atomic E-state index is 0.0984. The zero-order valence-corrected chi connectivity index (χ0v) is 15.9. The van der Waals surface area contributed by atoms with Gasteiger partial charge in [0.1, 0.15) is 6.04 Å². The van der Waals surface area contributed by atoms with Crippen LogP contribution < -0.4 is 10.6 Å². The lowest BCUT2D eigenvalue weighted by Crippen LogP contribution is -2.45. The van der Waals surface area contributed by atoms with Crippen LogP contribution >= 0.6 is 0 Å². The van der Waals surface area contributed by atoms with Crippen molar-refractivity contribution in [2.45, 2.75) is 33.7 Å². The monoisotopic (exact) mass is 372 g/mol. The molecule has 0 saturated heterocycles. The van der Waals surface area contributed by atoms with Crippen LogP contribution in [0.4, 0.5) is 5.69 Å². The van der Waals surface area contributed by atoms with Crippen molar-refractivity contribution in [3.05, 3.63) is 53.5 Å². The van der Waals surface area contributed by atoms with Crippen LogP contribution in [0.5, 0.6) is 0 Å². The molecule has 2 N–H and O–H groups in total. The van der Waals surface area contributed by atoms with E-state index in [2.05, 4.69) is 10.6 Å². The van der Waals surface area contributed by atoms with E-state index in [4.69, 9.17) is 9.15 Å². The Morgan fingerprint density at radius 2 is 1.74 bits per heavy atom. The number of para-hydroxylation sites is 1. The molecule has 0 spiro atoms. The first-order chi connectivity index (χ1) is 12.8. The Morgan fingerprint density at radius 3 is 2.30 bits per heavy atom. The Morgan fingerprint density at radius 1 is 1.07 bits per heavy atom. The number of aryl methyl sites for hydroxylation is 2. The lowest BCUT2D eigenvalue weighted by atomic mass is 10.0.